The van der Waals surface area contributed by atoms with Gasteiger partial charge in [-0.2, -0.15) is 0 Å². The van der Waals surface area contributed by atoms with Crippen molar-refractivity contribution in [2.45, 2.75) is 44.9 Å². The van der Waals surface area contributed by atoms with E-state index < -0.39 is 11.4 Å². The maximum absolute atomic E-state index is 12.1. The van der Waals surface area contributed by atoms with Crippen LogP contribution >= 0.6 is 15.9 Å². The Labute approximate surface area is 150 Å². The van der Waals surface area contributed by atoms with Gasteiger partial charge in [-0.15, -0.1) is 0 Å². The van der Waals surface area contributed by atoms with Crippen molar-refractivity contribution >= 4 is 27.8 Å². The van der Waals surface area contributed by atoms with E-state index in [1.807, 2.05) is 18.2 Å². The molecular weight excluding hydrogens is 374 g/mol. The zero-order chi connectivity index (χ0) is 17.6. The lowest BCUT2D eigenvalue weighted by atomic mass is 9.74. The van der Waals surface area contributed by atoms with Crippen LogP contribution in [0.1, 0.15) is 44.1 Å². The summed E-state index contributed by atoms with van der Waals surface area (Å²) in [5, 5.41) is 12.3. The number of hydrogen-bond acceptors (Lipinski definition) is 3. The lowest BCUT2D eigenvalue weighted by Gasteiger charge is -2.33. The van der Waals surface area contributed by atoms with Gasteiger partial charge in [-0.05, 0) is 52.9 Å². The van der Waals surface area contributed by atoms with Gasteiger partial charge in [-0.1, -0.05) is 25.3 Å². The van der Waals surface area contributed by atoms with Crippen LogP contribution in [0.4, 0.5) is 0 Å². The van der Waals surface area contributed by atoms with Crippen molar-refractivity contribution in [2.75, 3.05) is 13.7 Å². The van der Waals surface area contributed by atoms with Crippen molar-refractivity contribution in [1.82, 2.24) is 5.32 Å². The molecule has 0 unspecified atom stereocenters. The molecule has 1 amide bonds. The number of benzene rings is 1. The predicted octanol–water partition coefficient (Wildman–Crippen LogP) is 3.54. The fourth-order valence-corrected chi connectivity index (χ4v) is 3.76. The monoisotopic (exact) mass is 397 g/mol. The largest absolute Gasteiger partial charge is 0.496 e. The van der Waals surface area contributed by atoms with Crippen LogP contribution in [-0.4, -0.2) is 30.6 Å². The van der Waals surface area contributed by atoms with E-state index in [0.717, 1.165) is 35.0 Å². The number of carboxylic acids is 1. The molecule has 0 aromatic heterocycles. The minimum atomic E-state index is -0.790. The van der Waals surface area contributed by atoms with Crippen LogP contribution in [0.2, 0.25) is 0 Å². The highest BCUT2D eigenvalue weighted by atomic mass is 79.9. The summed E-state index contributed by atoms with van der Waals surface area (Å²) in [6.45, 7) is 0.230. The van der Waals surface area contributed by atoms with Gasteiger partial charge in [-0.25, -0.2) is 0 Å². The highest BCUT2D eigenvalue weighted by Crippen LogP contribution is 2.36. The molecule has 2 N–H and O–H groups in total. The smallest absolute Gasteiger partial charge is 0.311 e. The molecule has 0 bridgehead atoms. The first-order valence-corrected chi connectivity index (χ1v) is 9.09. The summed E-state index contributed by atoms with van der Waals surface area (Å²) in [7, 11) is 1.61. The van der Waals surface area contributed by atoms with E-state index in [0.29, 0.717) is 25.7 Å². The summed E-state index contributed by atoms with van der Waals surface area (Å²) in [5.74, 6) is -0.140. The molecule has 1 aromatic carbocycles. The average Bonchev–Trinajstić information content (AvgIpc) is 2.59. The van der Waals surface area contributed by atoms with E-state index in [1.165, 1.54) is 0 Å². The lowest BCUT2D eigenvalue weighted by Crippen LogP contribution is -2.44. The number of methoxy groups -OCH3 is 1. The molecular formula is C18H24BrNO4. The fourth-order valence-electron chi connectivity index (χ4n) is 3.17. The zero-order valence-corrected chi connectivity index (χ0v) is 15.5. The third-order valence-corrected chi connectivity index (χ3v) is 5.36. The number of carbonyl (C=O) groups is 2. The molecule has 1 fully saturated rings. The minimum Gasteiger partial charge on any atom is -0.496 e. The van der Waals surface area contributed by atoms with Crippen molar-refractivity contribution in [2.24, 2.45) is 5.41 Å². The second-order valence-corrected chi connectivity index (χ2v) is 7.25. The molecule has 0 saturated heterocycles. The van der Waals surface area contributed by atoms with Crippen LogP contribution in [0, 0.1) is 5.41 Å². The SMILES string of the molecule is COc1ccc(CCC(=O)NCC2(C(=O)O)CCCCC2)cc1Br. The van der Waals surface area contributed by atoms with Crippen LogP contribution in [0.3, 0.4) is 0 Å². The van der Waals surface area contributed by atoms with E-state index >= 15 is 0 Å². The van der Waals surface area contributed by atoms with Gasteiger partial charge in [-0.3, -0.25) is 9.59 Å². The highest BCUT2D eigenvalue weighted by Gasteiger charge is 2.39. The maximum atomic E-state index is 12.1. The van der Waals surface area contributed by atoms with Gasteiger partial charge in [0.2, 0.25) is 5.91 Å². The highest BCUT2D eigenvalue weighted by molar-refractivity contribution is 9.10. The molecule has 1 saturated carbocycles. The van der Waals surface area contributed by atoms with Gasteiger partial charge in [0.05, 0.1) is 17.0 Å². The Balaban J connectivity index is 1.84. The number of halogens is 1. The first-order chi connectivity index (χ1) is 11.5. The van der Waals surface area contributed by atoms with Gasteiger partial charge in [0, 0.05) is 13.0 Å². The van der Waals surface area contributed by atoms with Gasteiger partial charge in [0.15, 0.2) is 0 Å². The van der Waals surface area contributed by atoms with Crippen molar-refractivity contribution in [3.05, 3.63) is 28.2 Å². The first kappa shape index (κ1) is 18.8. The van der Waals surface area contributed by atoms with E-state index in [4.69, 9.17) is 4.74 Å². The zero-order valence-electron chi connectivity index (χ0n) is 13.9. The average molecular weight is 398 g/mol. The van der Waals surface area contributed by atoms with Crippen LogP contribution in [0.5, 0.6) is 5.75 Å². The fraction of sp³-hybridized carbons (Fsp3) is 0.556. The Bertz CT molecular complexity index is 597. The molecule has 0 atom stereocenters. The Hall–Kier alpha value is -1.56. The third kappa shape index (κ3) is 4.72. The molecule has 1 aliphatic rings. The van der Waals surface area contributed by atoms with E-state index in [9.17, 15) is 14.7 Å². The van der Waals surface area contributed by atoms with E-state index in [-0.39, 0.29) is 12.5 Å². The van der Waals surface area contributed by atoms with Crippen molar-refractivity contribution in [3.63, 3.8) is 0 Å². The number of nitrogens with one attached hydrogen (secondary N) is 1. The summed E-state index contributed by atoms with van der Waals surface area (Å²) in [4.78, 5) is 23.7. The third-order valence-electron chi connectivity index (χ3n) is 4.75. The van der Waals surface area contributed by atoms with Crippen molar-refractivity contribution < 1.29 is 19.4 Å². The number of ether oxygens (including phenoxy) is 1. The number of aliphatic carboxylic acids is 1. The number of carboxylic acid groups (broad SMARTS) is 1. The summed E-state index contributed by atoms with van der Waals surface area (Å²) in [6.07, 6.45) is 5.16. The minimum absolute atomic E-state index is 0.104. The van der Waals surface area contributed by atoms with Crippen LogP contribution in [0.25, 0.3) is 0 Å². The van der Waals surface area contributed by atoms with Crippen LogP contribution in [-0.2, 0) is 16.0 Å². The Morgan fingerprint density at radius 1 is 1.29 bits per heavy atom. The second kappa shape index (κ2) is 8.51. The summed E-state index contributed by atoms with van der Waals surface area (Å²) in [5.41, 5.74) is 0.250. The maximum Gasteiger partial charge on any atom is 0.311 e. The topological polar surface area (TPSA) is 75.6 Å². The normalized spacial score (nSPS) is 16.4. The number of aryl methyl sites for hydroxylation is 1. The second-order valence-electron chi connectivity index (χ2n) is 6.39. The summed E-state index contributed by atoms with van der Waals surface area (Å²) >= 11 is 3.43. The van der Waals surface area contributed by atoms with Gasteiger partial charge < -0.3 is 15.2 Å². The molecule has 2 rings (SSSR count). The summed E-state index contributed by atoms with van der Waals surface area (Å²) in [6, 6.07) is 5.72. The molecule has 0 heterocycles. The number of amides is 1. The molecule has 0 radical (unpaired) electrons. The van der Waals surface area contributed by atoms with Crippen molar-refractivity contribution in [3.8, 4) is 5.75 Å². The molecule has 0 aliphatic heterocycles. The molecule has 1 aliphatic carbocycles. The van der Waals surface area contributed by atoms with E-state index in [1.54, 1.807) is 7.11 Å². The van der Waals surface area contributed by atoms with Gasteiger partial charge in [0.25, 0.3) is 0 Å². The predicted molar refractivity (Wildman–Crippen MR) is 95.2 cm³/mol. The molecule has 6 heteroatoms. The number of hydrogen-bond donors (Lipinski definition) is 2. The molecule has 5 nitrogen and oxygen atoms in total. The van der Waals surface area contributed by atoms with Gasteiger partial charge >= 0.3 is 5.97 Å². The number of carbonyl (C=O) groups excluding carboxylic acids is 1. The van der Waals surface area contributed by atoms with Crippen LogP contribution in [0.15, 0.2) is 22.7 Å². The standard InChI is InChI=1S/C18H24BrNO4/c1-24-15-7-5-13(11-14(15)19)6-8-16(21)20-12-18(17(22)23)9-3-2-4-10-18/h5,7,11H,2-4,6,8-10,12H2,1H3,(H,20,21)(H,22,23). The quantitative estimate of drug-likeness (QED) is 0.737. The van der Waals surface area contributed by atoms with Crippen molar-refractivity contribution in [1.29, 1.82) is 0 Å². The number of rotatable bonds is 7. The molecule has 132 valence electrons. The Morgan fingerprint density at radius 3 is 2.58 bits per heavy atom. The van der Waals surface area contributed by atoms with Gasteiger partial charge in [0.1, 0.15) is 5.75 Å². The summed E-state index contributed by atoms with van der Waals surface area (Å²) < 4.78 is 6.04. The Morgan fingerprint density at radius 2 is 2.00 bits per heavy atom. The van der Waals surface area contributed by atoms with E-state index in [2.05, 4.69) is 21.2 Å². The molecule has 24 heavy (non-hydrogen) atoms. The molecule has 0 spiro atoms. The first-order valence-electron chi connectivity index (χ1n) is 8.29. The lowest BCUT2D eigenvalue weighted by molar-refractivity contribution is -0.151. The molecule has 1 aromatic rings. The Kier molecular flexibility index (Phi) is 6.66. The van der Waals surface area contributed by atoms with Crippen LogP contribution < -0.4 is 10.1 Å².